The Morgan fingerprint density at radius 1 is 0.778 bits per heavy atom. The van der Waals surface area contributed by atoms with Gasteiger partial charge >= 0.3 is 194 Å². The summed E-state index contributed by atoms with van der Waals surface area (Å²) < 4.78 is 10.2. The topological polar surface area (TPSA) is 43.9 Å². The van der Waals surface area contributed by atoms with E-state index in [1.807, 2.05) is 6.07 Å². The zero-order valence-corrected chi connectivity index (χ0v) is 23.9. The van der Waals surface area contributed by atoms with E-state index in [9.17, 15) is 0 Å². The van der Waals surface area contributed by atoms with E-state index in [4.69, 9.17) is 14.4 Å². The molecule has 36 heavy (non-hydrogen) atoms. The number of pyridine rings is 1. The SMILES string of the molecule is CC(C)(C)c1ccc2nc(-c3cccc4c3oc3c[c]([Ge]([CH3])([CH3])[CH3])ccc34)n(-c3ccccc3)c2n1. The van der Waals surface area contributed by atoms with Crippen LogP contribution in [0.1, 0.15) is 26.5 Å². The number of imidazole rings is 1. The molecule has 6 rings (SSSR count). The fourth-order valence-electron chi connectivity index (χ4n) is 4.82. The Hall–Kier alpha value is -3.38. The van der Waals surface area contributed by atoms with Gasteiger partial charge in [0.1, 0.15) is 0 Å². The minimum atomic E-state index is -1.99. The average molecular weight is 534 g/mol. The van der Waals surface area contributed by atoms with Crippen LogP contribution in [0.5, 0.6) is 0 Å². The number of benzene rings is 3. The molecule has 0 radical (unpaired) electrons. The first kappa shape index (κ1) is 23.0. The van der Waals surface area contributed by atoms with E-state index in [1.165, 1.54) is 4.40 Å². The fourth-order valence-corrected chi connectivity index (χ4v) is 7.23. The second-order valence-electron chi connectivity index (χ2n) is 11.6. The number of hydrogen-bond acceptors (Lipinski definition) is 3. The van der Waals surface area contributed by atoms with E-state index >= 15 is 0 Å². The van der Waals surface area contributed by atoms with Gasteiger partial charge in [0.25, 0.3) is 0 Å². The summed E-state index contributed by atoms with van der Waals surface area (Å²) in [6, 6.07) is 27.7. The minimum absolute atomic E-state index is 0.0614. The van der Waals surface area contributed by atoms with Crippen molar-refractivity contribution in [2.24, 2.45) is 0 Å². The molecule has 6 aromatic rings. The summed E-state index contributed by atoms with van der Waals surface area (Å²) in [4.78, 5) is 10.2. The van der Waals surface area contributed by atoms with Crippen LogP contribution in [0, 0.1) is 0 Å². The van der Waals surface area contributed by atoms with Crippen molar-refractivity contribution in [3.63, 3.8) is 0 Å². The van der Waals surface area contributed by atoms with Crippen LogP contribution in [0.3, 0.4) is 0 Å². The molecule has 5 heteroatoms. The summed E-state index contributed by atoms with van der Waals surface area (Å²) in [7, 11) is 0. The zero-order valence-electron chi connectivity index (χ0n) is 21.8. The number of nitrogens with zero attached hydrogens (tertiary/aromatic N) is 3. The van der Waals surface area contributed by atoms with Crippen molar-refractivity contribution in [2.45, 2.75) is 43.5 Å². The van der Waals surface area contributed by atoms with Gasteiger partial charge in [-0.3, -0.25) is 0 Å². The van der Waals surface area contributed by atoms with Crippen molar-refractivity contribution >= 4 is 50.8 Å². The molecule has 0 amide bonds. The van der Waals surface area contributed by atoms with Crippen LogP contribution in [0.25, 0.3) is 50.2 Å². The quantitative estimate of drug-likeness (QED) is 0.218. The van der Waals surface area contributed by atoms with Crippen molar-refractivity contribution in [1.29, 1.82) is 0 Å². The molecule has 0 aliphatic heterocycles. The first-order chi connectivity index (χ1) is 17.1. The number of rotatable bonds is 3. The van der Waals surface area contributed by atoms with Crippen molar-refractivity contribution < 1.29 is 4.42 Å². The number of para-hydroxylation sites is 2. The summed E-state index contributed by atoms with van der Waals surface area (Å²) in [5.74, 6) is 8.08. The Morgan fingerprint density at radius 3 is 2.28 bits per heavy atom. The molecule has 0 atom stereocenters. The molecular formula is C31H31GeN3O. The summed E-state index contributed by atoms with van der Waals surface area (Å²) in [6.45, 7) is 6.57. The third kappa shape index (κ3) is 3.75. The maximum absolute atomic E-state index is 6.59. The van der Waals surface area contributed by atoms with E-state index in [0.717, 1.165) is 55.9 Å². The number of aromatic nitrogens is 3. The first-order valence-electron chi connectivity index (χ1n) is 12.5. The van der Waals surface area contributed by atoms with Gasteiger partial charge in [-0.2, -0.15) is 0 Å². The second-order valence-corrected chi connectivity index (χ2v) is 22.3. The molecule has 0 spiro atoms. The number of hydrogen-bond donors (Lipinski definition) is 0. The standard InChI is InChI=1S/C31H31GeN3O/c1-31(2,3)27-18-17-25-30(34-27)35(21-11-8-7-9-12-21)29(33-25)24-14-10-13-23-22-16-15-20(32(4,5)6)19-26(22)36-28(23)24/h7-19H,1-6H3. The van der Waals surface area contributed by atoms with E-state index in [2.05, 4.69) is 115 Å². The molecule has 4 nitrogen and oxygen atoms in total. The Labute approximate surface area is 214 Å². The van der Waals surface area contributed by atoms with Crippen LogP contribution in [0.15, 0.2) is 83.3 Å². The average Bonchev–Trinajstić information content (AvgIpc) is 3.41. The summed E-state index contributed by atoms with van der Waals surface area (Å²) in [6.07, 6.45) is 0. The molecule has 0 fully saturated rings. The fraction of sp³-hybridized carbons (Fsp3) is 0.226. The molecule has 0 N–H and O–H groups in total. The van der Waals surface area contributed by atoms with Crippen LogP contribution < -0.4 is 4.40 Å². The Balaban J connectivity index is 1.67. The molecular weight excluding hydrogens is 503 g/mol. The van der Waals surface area contributed by atoms with Gasteiger partial charge in [-0.05, 0) is 0 Å². The molecule has 3 heterocycles. The van der Waals surface area contributed by atoms with Crippen LogP contribution >= 0.6 is 0 Å². The summed E-state index contributed by atoms with van der Waals surface area (Å²) >= 11 is -1.99. The second kappa shape index (κ2) is 8.07. The van der Waals surface area contributed by atoms with Gasteiger partial charge in [-0.1, -0.05) is 20.8 Å². The summed E-state index contributed by atoms with van der Waals surface area (Å²) in [5, 5.41) is 2.27. The Morgan fingerprint density at radius 2 is 1.56 bits per heavy atom. The van der Waals surface area contributed by atoms with Gasteiger partial charge in [0.15, 0.2) is 0 Å². The van der Waals surface area contributed by atoms with E-state index in [1.54, 1.807) is 0 Å². The van der Waals surface area contributed by atoms with Crippen molar-refractivity contribution in [3.05, 3.63) is 84.6 Å². The maximum atomic E-state index is 6.59. The third-order valence-corrected chi connectivity index (χ3v) is 11.2. The van der Waals surface area contributed by atoms with E-state index in [-0.39, 0.29) is 5.41 Å². The van der Waals surface area contributed by atoms with Gasteiger partial charge in [-0.15, -0.1) is 0 Å². The molecule has 3 aromatic carbocycles. The van der Waals surface area contributed by atoms with Gasteiger partial charge in [0.05, 0.1) is 0 Å². The van der Waals surface area contributed by atoms with E-state index < -0.39 is 13.3 Å². The predicted octanol–water partition coefficient (Wildman–Crippen LogP) is 7.83. The van der Waals surface area contributed by atoms with Crippen LogP contribution in [-0.4, -0.2) is 27.8 Å². The molecule has 0 aliphatic carbocycles. The molecule has 0 bridgehead atoms. The van der Waals surface area contributed by atoms with Crippen LogP contribution in [-0.2, 0) is 5.41 Å². The predicted molar refractivity (Wildman–Crippen MR) is 153 cm³/mol. The van der Waals surface area contributed by atoms with Crippen LogP contribution in [0.2, 0.25) is 17.3 Å². The van der Waals surface area contributed by atoms with Crippen LogP contribution in [0.4, 0.5) is 0 Å². The third-order valence-electron chi connectivity index (χ3n) is 6.89. The first-order valence-corrected chi connectivity index (χ1v) is 19.9. The van der Waals surface area contributed by atoms with Gasteiger partial charge in [0, 0.05) is 0 Å². The van der Waals surface area contributed by atoms with Gasteiger partial charge < -0.3 is 0 Å². The van der Waals surface area contributed by atoms with E-state index in [0.29, 0.717) is 0 Å². The molecule has 0 saturated carbocycles. The van der Waals surface area contributed by atoms with Crippen molar-refractivity contribution in [1.82, 2.24) is 14.5 Å². The summed E-state index contributed by atoms with van der Waals surface area (Å²) in [5.41, 5.74) is 6.54. The van der Waals surface area contributed by atoms with Gasteiger partial charge in [-0.25, -0.2) is 0 Å². The molecule has 0 unspecified atom stereocenters. The van der Waals surface area contributed by atoms with Crippen molar-refractivity contribution in [3.8, 4) is 17.1 Å². The molecule has 0 saturated heterocycles. The molecule has 3 aromatic heterocycles. The number of furan rings is 1. The molecule has 180 valence electrons. The number of fused-ring (bicyclic) bond motifs is 4. The monoisotopic (exact) mass is 535 g/mol. The zero-order chi connectivity index (χ0) is 25.2. The Kier molecular flexibility index (Phi) is 5.17. The Bertz CT molecular complexity index is 1750. The normalized spacial score (nSPS) is 12.7. The van der Waals surface area contributed by atoms with Gasteiger partial charge in [0.2, 0.25) is 0 Å². The molecule has 0 aliphatic rings. The van der Waals surface area contributed by atoms with Crippen molar-refractivity contribution in [2.75, 3.05) is 0 Å².